The number of rotatable bonds is 7. The monoisotopic (exact) mass is 265 g/mol. The third-order valence-electron chi connectivity index (χ3n) is 3.27. The molecule has 4 heteroatoms. The number of carbonyl (C=O) groups is 1. The van der Waals surface area contributed by atoms with Crippen LogP contribution in [0.15, 0.2) is 24.3 Å². The molecule has 104 valence electrons. The number of ether oxygens (including phenoxy) is 1. The van der Waals surface area contributed by atoms with Gasteiger partial charge in [0.1, 0.15) is 11.9 Å². The molecule has 2 rings (SSSR count). The normalized spacial score (nSPS) is 16.1. The second-order valence-electron chi connectivity index (χ2n) is 5.09. The number of benzene rings is 1. The van der Waals surface area contributed by atoms with Gasteiger partial charge in [0.25, 0.3) is 0 Å². The Morgan fingerprint density at radius 2 is 2.11 bits per heavy atom. The Morgan fingerprint density at radius 3 is 2.74 bits per heavy atom. The number of hydrogen-bond acceptors (Lipinski definition) is 2. The molecule has 0 aromatic heterocycles. The van der Waals surface area contributed by atoms with Crippen LogP contribution in [-0.4, -0.2) is 25.2 Å². The van der Waals surface area contributed by atoms with Gasteiger partial charge in [-0.15, -0.1) is 0 Å². The highest BCUT2D eigenvalue weighted by Crippen LogP contribution is 2.29. The van der Waals surface area contributed by atoms with Crippen LogP contribution in [0.1, 0.15) is 25.3 Å². The summed E-state index contributed by atoms with van der Waals surface area (Å²) in [6.45, 7) is 3.00. The number of nitrogens with one attached hydrogen (secondary N) is 1. The predicted molar refractivity (Wildman–Crippen MR) is 71.3 cm³/mol. The summed E-state index contributed by atoms with van der Waals surface area (Å²) in [6, 6.07) is 6.32. The zero-order valence-corrected chi connectivity index (χ0v) is 11.2. The van der Waals surface area contributed by atoms with Crippen molar-refractivity contribution in [3.63, 3.8) is 0 Å². The van der Waals surface area contributed by atoms with Crippen molar-refractivity contribution >= 4 is 5.91 Å². The van der Waals surface area contributed by atoms with E-state index < -0.39 is 6.10 Å². The van der Waals surface area contributed by atoms with Crippen molar-refractivity contribution in [2.24, 2.45) is 5.92 Å². The molecule has 0 spiro atoms. The van der Waals surface area contributed by atoms with E-state index in [1.54, 1.807) is 19.1 Å². The van der Waals surface area contributed by atoms with Gasteiger partial charge in [0.05, 0.1) is 6.61 Å². The average molecular weight is 265 g/mol. The van der Waals surface area contributed by atoms with Gasteiger partial charge in [-0.05, 0) is 49.8 Å². The van der Waals surface area contributed by atoms with Gasteiger partial charge in [-0.2, -0.15) is 0 Å². The summed E-state index contributed by atoms with van der Waals surface area (Å²) < 4.78 is 18.2. The highest BCUT2D eigenvalue weighted by molar-refractivity contribution is 5.80. The maximum atomic E-state index is 12.7. The Balaban J connectivity index is 1.63. The third-order valence-corrected chi connectivity index (χ3v) is 3.27. The van der Waals surface area contributed by atoms with E-state index in [9.17, 15) is 9.18 Å². The quantitative estimate of drug-likeness (QED) is 0.821. The van der Waals surface area contributed by atoms with Gasteiger partial charge in [0.2, 0.25) is 5.91 Å². The van der Waals surface area contributed by atoms with Gasteiger partial charge in [-0.3, -0.25) is 4.79 Å². The molecule has 1 aliphatic rings. The molecule has 0 bridgehead atoms. The molecule has 0 radical (unpaired) electrons. The summed E-state index contributed by atoms with van der Waals surface area (Å²) in [6.07, 6.45) is 2.74. The van der Waals surface area contributed by atoms with Crippen LogP contribution < -0.4 is 5.32 Å². The molecule has 1 amide bonds. The fraction of sp³-hybridized carbons (Fsp3) is 0.533. The first-order valence-electron chi connectivity index (χ1n) is 6.79. The van der Waals surface area contributed by atoms with Crippen molar-refractivity contribution in [2.75, 3.05) is 13.2 Å². The molecule has 0 aliphatic heterocycles. The van der Waals surface area contributed by atoms with E-state index in [4.69, 9.17) is 4.74 Å². The molecular weight excluding hydrogens is 245 g/mol. The second-order valence-corrected chi connectivity index (χ2v) is 5.09. The molecule has 1 N–H and O–H groups in total. The lowest BCUT2D eigenvalue weighted by Crippen LogP contribution is -2.36. The Labute approximate surface area is 113 Å². The second kappa shape index (κ2) is 6.66. The van der Waals surface area contributed by atoms with E-state index in [2.05, 4.69) is 5.32 Å². The SMILES string of the molecule is CC(OCC1CC1)C(=O)NCCc1ccc(F)cc1. The van der Waals surface area contributed by atoms with Gasteiger partial charge in [-0.1, -0.05) is 12.1 Å². The molecule has 19 heavy (non-hydrogen) atoms. The van der Waals surface area contributed by atoms with Crippen molar-refractivity contribution in [3.05, 3.63) is 35.6 Å². The topological polar surface area (TPSA) is 38.3 Å². The van der Waals surface area contributed by atoms with E-state index in [0.29, 0.717) is 25.5 Å². The largest absolute Gasteiger partial charge is 0.368 e. The summed E-state index contributed by atoms with van der Waals surface area (Å²) >= 11 is 0. The van der Waals surface area contributed by atoms with Crippen LogP contribution in [0, 0.1) is 11.7 Å². The van der Waals surface area contributed by atoms with E-state index in [-0.39, 0.29) is 11.7 Å². The fourth-order valence-corrected chi connectivity index (χ4v) is 1.77. The van der Waals surface area contributed by atoms with Crippen LogP contribution in [0.25, 0.3) is 0 Å². The summed E-state index contributed by atoms with van der Waals surface area (Å²) in [5, 5.41) is 2.83. The van der Waals surface area contributed by atoms with E-state index in [1.807, 2.05) is 0 Å². The average Bonchev–Trinajstić information content (AvgIpc) is 3.22. The zero-order valence-electron chi connectivity index (χ0n) is 11.2. The molecule has 0 heterocycles. The van der Waals surface area contributed by atoms with Gasteiger partial charge >= 0.3 is 0 Å². The van der Waals surface area contributed by atoms with Gasteiger partial charge < -0.3 is 10.1 Å². The molecule has 1 fully saturated rings. The first-order valence-corrected chi connectivity index (χ1v) is 6.79. The van der Waals surface area contributed by atoms with Gasteiger partial charge in [0.15, 0.2) is 0 Å². The summed E-state index contributed by atoms with van der Waals surface area (Å²) in [5.74, 6) is 0.340. The number of carbonyl (C=O) groups excluding carboxylic acids is 1. The highest BCUT2D eigenvalue weighted by Gasteiger charge is 2.23. The van der Waals surface area contributed by atoms with E-state index >= 15 is 0 Å². The molecule has 1 aliphatic carbocycles. The van der Waals surface area contributed by atoms with Crippen molar-refractivity contribution in [2.45, 2.75) is 32.3 Å². The molecular formula is C15H20FNO2. The Kier molecular flexibility index (Phi) is 4.91. The van der Waals surface area contributed by atoms with Crippen molar-refractivity contribution in [1.29, 1.82) is 0 Å². The van der Waals surface area contributed by atoms with Crippen LogP contribution >= 0.6 is 0 Å². The summed E-state index contributed by atoms with van der Waals surface area (Å²) in [5.41, 5.74) is 1.01. The van der Waals surface area contributed by atoms with Gasteiger partial charge in [0, 0.05) is 6.54 Å². The van der Waals surface area contributed by atoms with Crippen molar-refractivity contribution in [3.8, 4) is 0 Å². The van der Waals surface area contributed by atoms with Crippen LogP contribution in [0.3, 0.4) is 0 Å². The predicted octanol–water partition coefficient (Wildman–Crippen LogP) is 2.30. The van der Waals surface area contributed by atoms with Gasteiger partial charge in [-0.25, -0.2) is 4.39 Å². The highest BCUT2D eigenvalue weighted by atomic mass is 19.1. The van der Waals surface area contributed by atoms with Crippen molar-refractivity contribution in [1.82, 2.24) is 5.32 Å². The van der Waals surface area contributed by atoms with Crippen LogP contribution in [0.4, 0.5) is 4.39 Å². The minimum Gasteiger partial charge on any atom is -0.368 e. The Morgan fingerprint density at radius 1 is 1.42 bits per heavy atom. The lowest BCUT2D eigenvalue weighted by Gasteiger charge is -2.13. The fourth-order valence-electron chi connectivity index (χ4n) is 1.77. The first-order chi connectivity index (χ1) is 9.15. The number of hydrogen-bond donors (Lipinski definition) is 1. The maximum absolute atomic E-state index is 12.7. The Hall–Kier alpha value is -1.42. The van der Waals surface area contributed by atoms with Crippen LogP contribution in [-0.2, 0) is 16.0 Å². The van der Waals surface area contributed by atoms with Crippen LogP contribution in [0.2, 0.25) is 0 Å². The zero-order chi connectivity index (χ0) is 13.7. The van der Waals surface area contributed by atoms with Crippen LogP contribution in [0.5, 0.6) is 0 Å². The van der Waals surface area contributed by atoms with E-state index in [1.165, 1.54) is 25.0 Å². The number of amides is 1. The molecule has 0 saturated heterocycles. The molecule has 3 nitrogen and oxygen atoms in total. The maximum Gasteiger partial charge on any atom is 0.248 e. The minimum absolute atomic E-state index is 0.0808. The lowest BCUT2D eigenvalue weighted by atomic mass is 10.1. The minimum atomic E-state index is -0.395. The summed E-state index contributed by atoms with van der Waals surface area (Å²) in [7, 11) is 0. The lowest BCUT2D eigenvalue weighted by molar-refractivity contribution is -0.131. The summed E-state index contributed by atoms with van der Waals surface area (Å²) in [4.78, 5) is 11.7. The molecule has 1 aromatic rings. The molecule has 1 atom stereocenters. The Bertz CT molecular complexity index is 415. The standard InChI is InChI=1S/C15H20FNO2/c1-11(19-10-13-2-3-13)15(18)17-9-8-12-4-6-14(16)7-5-12/h4-7,11,13H,2-3,8-10H2,1H3,(H,17,18). The van der Waals surface area contributed by atoms with E-state index in [0.717, 1.165) is 5.56 Å². The molecule has 1 saturated carbocycles. The smallest absolute Gasteiger partial charge is 0.248 e. The first kappa shape index (κ1) is 14.0. The molecule has 1 aromatic carbocycles. The third kappa shape index (κ3) is 4.99. The number of halogens is 1. The molecule has 1 unspecified atom stereocenters. The van der Waals surface area contributed by atoms with Crippen molar-refractivity contribution < 1.29 is 13.9 Å².